The molecular formula is C20H24F2INO. The molecule has 0 unspecified atom stereocenters. The van der Waals surface area contributed by atoms with Gasteiger partial charge in [-0.25, -0.2) is 8.78 Å². The molecule has 1 fully saturated rings. The van der Waals surface area contributed by atoms with E-state index in [1.165, 1.54) is 5.56 Å². The van der Waals surface area contributed by atoms with Gasteiger partial charge in [0.2, 0.25) is 0 Å². The van der Waals surface area contributed by atoms with Crippen molar-refractivity contribution in [2.45, 2.75) is 32.0 Å². The fourth-order valence-corrected chi connectivity index (χ4v) is 3.11. The van der Waals surface area contributed by atoms with Crippen molar-refractivity contribution in [3.8, 4) is 0 Å². The first-order chi connectivity index (χ1) is 11.7. The number of nitrogens with zero attached hydrogens (tertiary/aromatic N) is 1. The Balaban J connectivity index is 0.00000225. The van der Waals surface area contributed by atoms with Crippen molar-refractivity contribution >= 4 is 24.0 Å². The van der Waals surface area contributed by atoms with Crippen LogP contribution in [0.2, 0.25) is 0 Å². The summed E-state index contributed by atoms with van der Waals surface area (Å²) in [6.45, 7) is 3.29. The van der Waals surface area contributed by atoms with Gasteiger partial charge in [0, 0.05) is 19.6 Å². The Kier molecular flexibility index (Phi) is 8.26. The van der Waals surface area contributed by atoms with E-state index in [-0.39, 0.29) is 30.1 Å². The molecule has 0 aromatic heterocycles. The Morgan fingerprint density at radius 3 is 2.40 bits per heavy atom. The maximum absolute atomic E-state index is 13.7. The molecule has 25 heavy (non-hydrogen) atoms. The summed E-state index contributed by atoms with van der Waals surface area (Å²) in [5, 5.41) is 0. The van der Waals surface area contributed by atoms with Gasteiger partial charge >= 0.3 is 0 Å². The predicted octanol–water partition coefficient (Wildman–Crippen LogP) is 4.81. The molecule has 0 radical (unpaired) electrons. The topological polar surface area (TPSA) is 12.5 Å². The zero-order chi connectivity index (χ0) is 16.8. The summed E-state index contributed by atoms with van der Waals surface area (Å²) in [6, 6.07) is 14.6. The third-order valence-corrected chi connectivity index (χ3v) is 4.59. The third kappa shape index (κ3) is 6.01. The van der Waals surface area contributed by atoms with Gasteiger partial charge in [0.25, 0.3) is 0 Å². The molecule has 0 N–H and O–H groups in total. The van der Waals surface area contributed by atoms with Crippen LogP contribution in [-0.2, 0) is 17.8 Å². The lowest BCUT2D eigenvalue weighted by Crippen LogP contribution is -2.38. The Bertz CT molecular complexity index is 645. The minimum absolute atomic E-state index is 0. The van der Waals surface area contributed by atoms with Crippen LogP contribution in [0, 0.1) is 11.6 Å². The van der Waals surface area contributed by atoms with Crippen molar-refractivity contribution in [2.24, 2.45) is 0 Å². The van der Waals surface area contributed by atoms with E-state index < -0.39 is 11.6 Å². The molecule has 1 aliphatic heterocycles. The fraction of sp³-hybridized carbons (Fsp3) is 0.400. The van der Waals surface area contributed by atoms with Crippen molar-refractivity contribution in [2.75, 3.05) is 19.6 Å². The molecule has 0 bridgehead atoms. The molecular weight excluding hydrogens is 435 g/mol. The molecule has 1 saturated heterocycles. The van der Waals surface area contributed by atoms with E-state index in [1.54, 1.807) is 12.1 Å². The monoisotopic (exact) mass is 459 g/mol. The van der Waals surface area contributed by atoms with Crippen molar-refractivity contribution in [1.82, 2.24) is 4.90 Å². The van der Waals surface area contributed by atoms with Crippen LogP contribution < -0.4 is 0 Å². The molecule has 0 amide bonds. The van der Waals surface area contributed by atoms with Gasteiger partial charge in [-0.1, -0.05) is 42.5 Å². The molecule has 0 atom stereocenters. The van der Waals surface area contributed by atoms with Crippen molar-refractivity contribution in [1.29, 1.82) is 0 Å². The second-order valence-corrected chi connectivity index (χ2v) is 6.30. The van der Waals surface area contributed by atoms with E-state index in [9.17, 15) is 8.78 Å². The highest BCUT2D eigenvalue weighted by Crippen LogP contribution is 2.17. The Hall–Kier alpha value is -1.05. The summed E-state index contributed by atoms with van der Waals surface area (Å²) in [4.78, 5) is 2.30. The Morgan fingerprint density at radius 2 is 1.68 bits per heavy atom. The summed E-state index contributed by atoms with van der Waals surface area (Å²) in [7, 11) is 0. The zero-order valence-corrected chi connectivity index (χ0v) is 16.5. The summed E-state index contributed by atoms with van der Waals surface area (Å²) in [5.74, 6) is -1.47. The van der Waals surface area contributed by atoms with Gasteiger partial charge in [0.15, 0.2) is 11.6 Å². The lowest BCUT2D eigenvalue weighted by Gasteiger charge is -2.32. The number of rotatable bonds is 6. The minimum atomic E-state index is -0.763. The normalized spacial score (nSPS) is 15.8. The number of piperidine rings is 1. The Labute approximate surface area is 165 Å². The third-order valence-electron chi connectivity index (χ3n) is 4.59. The van der Waals surface area contributed by atoms with Crippen LogP contribution in [0.3, 0.4) is 0 Å². The number of ether oxygens (including phenoxy) is 1. The van der Waals surface area contributed by atoms with Gasteiger partial charge in [-0.15, -0.1) is 24.0 Å². The number of halogens is 3. The van der Waals surface area contributed by atoms with Crippen LogP contribution in [0.4, 0.5) is 8.78 Å². The van der Waals surface area contributed by atoms with Crippen LogP contribution in [0.25, 0.3) is 0 Å². The van der Waals surface area contributed by atoms with Gasteiger partial charge in [-0.05, 0) is 36.5 Å². The van der Waals surface area contributed by atoms with Crippen LogP contribution in [0.5, 0.6) is 0 Å². The minimum Gasteiger partial charge on any atom is -0.373 e. The maximum Gasteiger partial charge on any atom is 0.162 e. The highest BCUT2D eigenvalue weighted by molar-refractivity contribution is 14.0. The average molecular weight is 459 g/mol. The van der Waals surface area contributed by atoms with E-state index in [0.29, 0.717) is 18.6 Å². The van der Waals surface area contributed by atoms with Crippen LogP contribution in [0.15, 0.2) is 48.5 Å². The Morgan fingerprint density at radius 1 is 0.960 bits per heavy atom. The SMILES string of the molecule is Fc1cccc(CCN2CCC(OCc3ccccc3)CC2)c1F.I. The molecule has 3 rings (SSSR count). The molecule has 0 saturated carbocycles. The summed E-state index contributed by atoms with van der Waals surface area (Å²) in [6.07, 6.45) is 2.79. The largest absolute Gasteiger partial charge is 0.373 e. The lowest BCUT2D eigenvalue weighted by molar-refractivity contribution is -0.00222. The molecule has 0 spiro atoms. The predicted molar refractivity (Wildman–Crippen MR) is 106 cm³/mol. The molecule has 1 heterocycles. The van der Waals surface area contributed by atoms with Gasteiger partial charge in [0.1, 0.15) is 0 Å². The van der Waals surface area contributed by atoms with Gasteiger partial charge in [-0.3, -0.25) is 0 Å². The quantitative estimate of drug-likeness (QED) is 0.576. The zero-order valence-electron chi connectivity index (χ0n) is 14.2. The molecule has 1 aliphatic rings. The van der Waals surface area contributed by atoms with Crippen molar-refractivity contribution in [3.63, 3.8) is 0 Å². The van der Waals surface area contributed by atoms with Crippen LogP contribution in [-0.4, -0.2) is 30.6 Å². The highest BCUT2D eigenvalue weighted by Gasteiger charge is 2.20. The van der Waals surface area contributed by atoms with E-state index in [2.05, 4.69) is 17.0 Å². The first-order valence-electron chi connectivity index (χ1n) is 8.53. The van der Waals surface area contributed by atoms with E-state index in [0.717, 1.165) is 38.5 Å². The fourth-order valence-electron chi connectivity index (χ4n) is 3.11. The van der Waals surface area contributed by atoms with E-state index in [4.69, 9.17) is 4.74 Å². The molecule has 0 aliphatic carbocycles. The standard InChI is InChI=1S/C20H23F2NO.HI/c21-19-8-4-7-17(20(19)22)9-12-23-13-10-18(11-14-23)24-15-16-5-2-1-3-6-16;/h1-8,18H,9-15H2;1H. The summed E-state index contributed by atoms with van der Waals surface area (Å²) >= 11 is 0. The highest BCUT2D eigenvalue weighted by atomic mass is 127. The summed E-state index contributed by atoms with van der Waals surface area (Å²) < 4.78 is 32.9. The second kappa shape index (κ2) is 10.2. The average Bonchev–Trinajstić information content (AvgIpc) is 2.63. The van der Waals surface area contributed by atoms with Crippen LogP contribution >= 0.6 is 24.0 Å². The van der Waals surface area contributed by atoms with E-state index >= 15 is 0 Å². The first kappa shape index (κ1) is 20.3. The summed E-state index contributed by atoms with van der Waals surface area (Å²) in [5.41, 5.74) is 1.65. The number of likely N-dealkylation sites (tertiary alicyclic amines) is 1. The first-order valence-corrected chi connectivity index (χ1v) is 8.53. The molecule has 2 aromatic carbocycles. The van der Waals surface area contributed by atoms with Gasteiger partial charge in [0.05, 0.1) is 12.7 Å². The van der Waals surface area contributed by atoms with Crippen LogP contribution in [0.1, 0.15) is 24.0 Å². The maximum atomic E-state index is 13.7. The van der Waals surface area contributed by atoms with E-state index in [1.807, 2.05) is 18.2 Å². The molecule has 2 nitrogen and oxygen atoms in total. The number of hydrogen-bond acceptors (Lipinski definition) is 2. The second-order valence-electron chi connectivity index (χ2n) is 6.30. The molecule has 2 aromatic rings. The number of benzene rings is 2. The lowest BCUT2D eigenvalue weighted by atomic mass is 10.1. The smallest absolute Gasteiger partial charge is 0.162 e. The van der Waals surface area contributed by atoms with Crippen molar-refractivity contribution < 1.29 is 13.5 Å². The van der Waals surface area contributed by atoms with Gasteiger partial charge in [-0.2, -0.15) is 0 Å². The molecule has 5 heteroatoms. The number of hydrogen-bond donors (Lipinski definition) is 0. The van der Waals surface area contributed by atoms with Crippen molar-refractivity contribution in [3.05, 3.63) is 71.3 Å². The van der Waals surface area contributed by atoms with Gasteiger partial charge < -0.3 is 9.64 Å². The molecule has 136 valence electrons.